The Kier molecular flexibility index (Phi) is 6.82. The minimum Gasteiger partial charge on any atom is -0.300 e. The van der Waals surface area contributed by atoms with Crippen molar-refractivity contribution >= 4 is 27.3 Å². The Morgan fingerprint density at radius 3 is 2.56 bits per heavy atom. The molecule has 0 aromatic carbocycles. The highest BCUT2D eigenvalue weighted by Gasteiger charge is 2.17. The summed E-state index contributed by atoms with van der Waals surface area (Å²) < 4.78 is 0. The van der Waals surface area contributed by atoms with Gasteiger partial charge in [0.15, 0.2) is 0 Å². The Morgan fingerprint density at radius 2 is 2.00 bits per heavy atom. The summed E-state index contributed by atoms with van der Waals surface area (Å²) in [5.74, 6) is 0. The molecule has 0 aliphatic heterocycles. The van der Waals surface area contributed by atoms with Gasteiger partial charge in [-0.15, -0.1) is 11.3 Å². The van der Waals surface area contributed by atoms with Crippen molar-refractivity contribution in [2.45, 2.75) is 52.0 Å². The summed E-state index contributed by atoms with van der Waals surface area (Å²) in [7, 11) is 2.19. The molecule has 0 unspecified atom stereocenters. The van der Waals surface area contributed by atoms with Crippen LogP contribution in [0.2, 0.25) is 0 Å². The van der Waals surface area contributed by atoms with E-state index in [0.29, 0.717) is 0 Å². The normalized spacial score (nSPS) is 12.3. The van der Waals surface area contributed by atoms with Crippen LogP contribution in [0.4, 0.5) is 0 Å². The third-order valence-corrected chi connectivity index (χ3v) is 4.29. The van der Waals surface area contributed by atoms with Crippen molar-refractivity contribution in [3.05, 3.63) is 16.1 Å². The van der Waals surface area contributed by atoms with Crippen molar-refractivity contribution in [3.8, 4) is 0 Å². The molecule has 0 aliphatic carbocycles. The van der Waals surface area contributed by atoms with Crippen LogP contribution in [0.15, 0.2) is 5.38 Å². The zero-order valence-corrected chi connectivity index (χ0v) is 14.4. The fourth-order valence-electron chi connectivity index (χ4n) is 1.69. The van der Waals surface area contributed by atoms with E-state index in [9.17, 15) is 0 Å². The predicted molar refractivity (Wildman–Crippen MR) is 84.8 cm³/mol. The standard InChI is InChI=1S/C14H25BrN2S/c1-14(2,3)12-11-18-13(16-12)10-17(4)9-7-5-6-8-15/h11H,5-10H2,1-4H3. The van der Waals surface area contributed by atoms with Gasteiger partial charge in [-0.3, -0.25) is 4.90 Å². The summed E-state index contributed by atoms with van der Waals surface area (Å²) in [6.07, 6.45) is 3.86. The number of aromatic nitrogens is 1. The van der Waals surface area contributed by atoms with Gasteiger partial charge in [0.05, 0.1) is 12.2 Å². The van der Waals surface area contributed by atoms with Crippen LogP contribution in [0.5, 0.6) is 0 Å². The summed E-state index contributed by atoms with van der Waals surface area (Å²) in [4.78, 5) is 7.11. The molecular weight excluding hydrogens is 308 g/mol. The molecule has 0 saturated carbocycles. The number of hydrogen-bond acceptors (Lipinski definition) is 3. The third-order valence-electron chi connectivity index (χ3n) is 2.90. The highest BCUT2D eigenvalue weighted by molar-refractivity contribution is 9.09. The van der Waals surface area contributed by atoms with Gasteiger partial charge >= 0.3 is 0 Å². The van der Waals surface area contributed by atoms with E-state index in [4.69, 9.17) is 4.98 Å². The first-order valence-electron chi connectivity index (χ1n) is 6.63. The minimum absolute atomic E-state index is 0.170. The molecule has 2 nitrogen and oxygen atoms in total. The molecular formula is C14H25BrN2S. The van der Waals surface area contributed by atoms with Crippen molar-refractivity contribution in [2.24, 2.45) is 0 Å². The second-order valence-corrected chi connectivity index (χ2v) is 7.60. The number of halogens is 1. The first-order chi connectivity index (χ1) is 8.43. The molecule has 1 aromatic heterocycles. The van der Waals surface area contributed by atoms with E-state index >= 15 is 0 Å². The monoisotopic (exact) mass is 332 g/mol. The Labute approximate surface area is 124 Å². The summed E-state index contributed by atoms with van der Waals surface area (Å²) in [5, 5.41) is 4.56. The zero-order valence-electron chi connectivity index (χ0n) is 12.0. The molecule has 0 amide bonds. The second kappa shape index (κ2) is 7.61. The van der Waals surface area contributed by atoms with E-state index in [-0.39, 0.29) is 5.41 Å². The van der Waals surface area contributed by atoms with Crippen LogP contribution >= 0.6 is 27.3 Å². The average Bonchev–Trinajstić information content (AvgIpc) is 2.72. The van der Waals surface area contributed by atoms with E-state index in [1.165, 1.54) is 30.0 Å². The molecule has 0 aliphatic rings. The van der Waals surface area contributed by atoms with Gasteiger partial charge in [0, 0.05) is 16.1 Å². The smallest absolute Gasteiger partial charge is 0.107 e. The lowest BCUT2D eigenvalue weighted by atomic mass is 9.93. The maximum Gasteiger partial charge on any atom is 0.107 e. The fraction of sp³-hybridized carbons (Fsp3) is 0.786. The Bertz CT molecular complexity index is 344. The van der Waals surface area contributed by atoms with Crippen LogP contribution in [0.25, 0.3) is 0 Å². The Hall–Kier alpha value is 0.0700. The zero-order chi connectivity index (χ0) is 13.6. The van der Waals surface area contributed by atoms with E-state index in [0.717, 1.165) is 18.4 Å². The van der Waals surface area contributed by atoms with E-state index in [1.807, 2.05) is 0 Å². The van der Waals surface area contributed by atoms with E-state index in [1.54, 1.807) is 11.3 Å². The summed E-state index contributed by atoms with van der Waals surface area (Å²) in [5.41, 5.74) is 1.39. The summed E-state index contributed by atoms with van der Waals surface area (Å²) in [6, 6.07) is 0. The Balaban J connectivity index is 2.35. The van der Waals surface area contributed by atoms with Crippen LogP contribution in [0.1, 0.15) is 50.7 Å². The molecule has 0 spiro atoms. The molecule has 0 atom stereocenters. The quantitative estimate of drug-likeness (QED) is 0.542. The number of alkyl halides is 1. The molecule has 0 radical (unpaired) electrons. The van der Waals surface area contributed by atoms with Gasteiger partial charge in [0.2, 0.25) is 0 Å². The predicted octanol–water partition coefficient (Wildman–Crippen LogP) is 4.44. The van der Waals surface area contributed by atoms with Crippen molar-refractivity contribution in [1.29, 1.82) is 0 Å². The van der Waals surface area contributed by atoms with Gasteiger partial charge in [-0.05, 0) is 26.4 Å². The van der Waals surface area contributed by atoms with Crippen LogP contribution in [0.3, 0.4) is 0 Å². The van der Waals surface area contributed by atoms with Crippen LogP contribution in [-0.4, -0.2) is 28.8 Å². The second-order valence-electron chi connectivity index (χ2n) is 5.86. The highest BCUT2D eigenvalue weighted by Crippen LogP contribution is 2.24. The number of rotatable bonds is 7. The maximum absolute atomic E-state index is 4.74. The lowest BCUT2D eigenvalue weighted by Crippen LogP contribution is -2.19. The number of thiazole rings is 1. The van der Waals surface area contributed by atoms with Crippen LogP contribution in [-0.2, 0) is 12.0 Å². The first-order valence-corrected chi connectivity index (χ1v) is 8.63. The minimum atomic E-state index is 0.170. The number of nitrogens with zero attached hydrogens (tertiary/aromatic N) is 2. The van der Waals surface area contributed by atoms with E-state index in [2.05, 4.69) is 54.0 Å². The van der Waals surface area contributed by atoms with Crippen LogP contribution < -0.4 is 0 Å². The number of unbranched alkanes of at least 4 members (excludes halogenated alkanes) is 2. The Morgan fingerprint density at radius 1 is 1.28 bits per heavy atom. The van der Waals surface area contributed by atoms with Gasteiger partial charge < -0.3 is 0 Å². The maximum atomic E-state index is 4.74. The van der Waals surface area contributed by atoms with Gasteiger partial charge in [0.1, 0.15) is 5.01 Å². The summed E-state index contributed by atoms with van der Waals surface area (Å²) >= 11 is 5.26. The molecule has 0 saturated heterocycles. The fourth-order valence-corrected chi connectivity index (χ4v) is 3.19. The van der Waals surface area contributed by atoms with Gasteiger partial charge in [-0.2, -0.15) is 0 Å². The topological polar surface area (TPSA) is 16.1 Å². The molecule has 0 N–H and O–H groups in total. The van der Waals surface area contributed by atoms with Gasteiger partial charge in [-0.25, -0.2) is 4.98 Å². The lowest BCUT2D eigenvalue weighted by molar-refractivity contribution is 0.317. The molecule has 18 heavy (non-hydrogen) atoms. The van der Waals surface area contributed by atoms with Crippen LogP contribution in [0, 0.1) is 0 Å². The summed E-state index contributed by atoms with van der Waals surface area (Å²) in [6.45, 7) is 8.80. The molecule has 104 valence electrons. The largest absolute Gasteiger partial charge is 0.300 e. The number of hydrogen-bond donors (Lipinski definition) is 0. The van der Waals surface area contributed by atoms with Crippen molar-refractivity contribution in [2.75, 3.05) is 18.9 Å². The van der Waals surface area contributed by atoms with Crippen molar-refractivity contribution < 1.29 is 0 Å². The molecule has 1 aromatic rings. The molecule has 4 heteroatoms. The van der Waals surface area contributed by atoms with Gasteiger partial charge in [-0.1, -0.05) is 43.1 Å². The van der Waals surface area contributed by atoms with Crippen molar-refractivity contribution in [1.82, 2.24) is 9.88 Å². The van der Waals surface area contributed by atoms with Gasteiger partial charge in [0.25, 0.3) is 0 Å². The average molecular weight is 333 g/mol. The van der Waals surface area contributed by atoms with Crippen molar-refractivity contribution in [3.63, 3.8) is 0 Å². The SMILES string of the molecule is CN(CCCCCBr)Cc1nc(C(C)(C)C)cs1. The molecule has 1 heterocycles. The first kappa shape index (κ1) is 16.1. The third kappa shape index (κ3) is 5.81. The molecule has 1 rings (SSSR count). The lowest BCUT2D eigenvalue weighted by Gasteiger charge is -2.16. The highest BCUT2D eigenvalue weighted by atomic mass is 79.9. The van der Waals surface area contributed by atoms with E-state index < -0.39 is 0 Å². The molecule has 0 bridgehead atoms. The molecule has 0 fully saturated rings.